The third-order valence-electron chi connectivity index (χ3n) is 2.28. The van der Waals surface area contributed by atoms with Crippen molar-refractivity contribution in [3.63, 3.8) is 0 Å². The zero-order valence-corrected chi connectivity index (χ0v) is 11.6. The molecule has 0 fully saturated rings. The SMILES string of the molecule is CC(NC(=O)C(N)CC(=O)O)C(=O)NC(CS)C(=O)O. The van der Waals surface area contributed by atoms with Crippen LogP contribution in [0.3, 0.4) is 0 Å². The fraction of sp³-hybridized carbons (Fsp3) is 0.600. The summed E-state index contributed by atoms with van der Waals surface area (Å²) in [7, 11) is 0. The Balaban J connectivity index is 4.42. The van der Waals surface area contributed by atoms with Gasteiger partial charge in [-0.25, -0.2) is 4.79 Å². The molecule has 0 radical (unpaired) electrons. The minimum atomic E-state index is -1.29. The summed E-state index contributed by atoms with van der Waals surface area (Å²) in [6.07, 6.45) is -0.575. The molecule has 9 nitrogen and oxygen atoms in total. The highest BCUT2D eigenvalue weighted by Crippen LogP contribution is 1.94. The average Bonchev–Trinajstić information content (AvgIpc) is 2.33. The summed E-state index contributed by atoms with van der Waals surface area (Å²) in [5.41, 5.74) is 5.31. The number of carboxylic acid groups (broad SMARTS) is 2. The lowest BCUT2D eigenvalue weighted by atomic mass is 10.2. The molecule has 0 spiro atoms. The molecule has 114 valence electrons. The van der Waals surface area contributed by atoms with Crippen molar-refractivity contribution in [1.29, 1.82) is 0 Å². The Hall–Kier alpha value is -1.81. The van der Waals surface area contributed by atoms with Gasteiger partial charge in [-0.1, -0.05) is 0 Å². The predicted octanol–water partition coefficient (Wildman–Crippen LogP) is -2.21. The quantitative estimate of drug-likeness (QED) is 0.277. The molecule has 0 bridgehead atoms. The van der Waals surface area contributed by atoms with Crippen LogP contribution in [0, 0.1) is 0 Å². The van der Waals surface area contributed by atoms with E-state index in [0.29, 0.717) is 0 Å². The molecule has 3 unspecified atom stereocenters. The van der Waals surface area contributed by atoms with Crippen molar-refractivity contribution in [2.45, 2.75) is 31.5 Å². The minimum absolute atomic E-state index is 0.111. The Morgan fingerprint density at radius 2 is 1.70 bits per heavy atom. The largest absolute Gasteiger partial charge is 0.481 e. The molecule has 0 aromatic carbocycles. The zero-order valence-electron chi connectivity index (χ0n) is 10.7. The second-order valence-corrected chi connectivity index (χ2v) is 4.38. The van der Waals surface area contributed by atoms with E-state index in [-0.39, 0.29) is 5.75 Å². The summed E-state index contributed by atoms with van der Waals surface area (Å²) in [5, 5.41) is 21.6. The van der Waals surface area contributed by atoms with Gasteiger partial charge >= 0.3 is 11.9 Å². The molecule has 0 aromatic rings. The van der Waals surface area contributed by atoms with Crippen molar-refractivity contribution in [3.8, 4) is 0 Å². The molecule has 0 aliphatic carbocycles. The molecule has 0 aliphatic heterocycles. The van der Waals surface area contributed by atoms with E-state index in [0.717, 1.165) is 0 Å². The Morgan fingerprint density at radius 3 is 2.10 bits per heavy atom. The summed E-state index contributed by atoms with van der Waals surface area (Å²) in [4.78, 5) is 44.2. The van der Waals surface area contributed by atoms with Crippen LogP contribution >= 0.6 is 12.6 Å². The number of carbonyl (C=O) groups is 4. The van der Waals surface area contributed by atoms with E-state index in [1.807, 2.05) is 0 Å². The van der Waals surface area contributed by atoms with Crippen LogP contribution in [-0.2, 0) is 19.2 Å². The van der Waals surface area contributed by atoms with E-state index in [1.165, 1.54) is 6.92 Å². The molecule has 20 heavy (non-hydrogen) atoms. The number of hydrogen-bond acceptors (Lipinski definition) is 6. The van der Waals surface area contributed by atoms with Gasteiger partial charge in [-0.05, 0) is 6.92 Å². The van der Waals surface area contributed by atoms with E-state index in [9.17, 15) is 19.2 Å². The normalized spacial score (nSPS) is 14.8. The van der Waals surface area contributed by atoms with Crippen molar-refractivity contribution in [2.24, 2.45) is 5.73 Å². The van der Waals surface area contributed by atoms with Gasteiger partial charge in [-0.2, -0.15) is 12.6 Å². The maximum atomic E-state index is 11.6. The van der Waals surface area contributed by atoms with Crippen molar-refractivity contribution in [3.05, 3.63) is 0 Å². The Morgan fingerprint density at radius 1 is 1.15 bits per heavy atom. The molecular formula is C10H17N3O6S. The average molecular weight is 307 g/mol. The number of hydrogen-bond donors (Lipinski definition) is 6. The second kappa shape index (κ2) is 8.38. The molecule has 0 saturated carbocycles. The number of amides is 2. The number of carbonyl (C=O) groups excluding carboxylic acids is 2. The van der Waals surface area contributed by atoms with Crippen LogP contribution in [0.4, 0.5) is 0 Å². The molecule has 0 aliphatic rings. The molecule has 0 saturated heterocycles. The summed E-state index contributed by atoms with van der Waals surface area (Å²) in [6, 6.07) is -3.52. The highest BCUT2D eigenvalue weighted by Gasteiger charge is 2.25. The number of nitrogens with one attached hydrogen (secondary N) is 2. The molecule has 2 amide bonds. The summed E-state index contributed by atoms with van der Waals surface area (Å²) in [6.45, 7) is 1.32. The van der Waals surface area contributed by atoms with Gasteiger partial charge in [0.15, 0.2) is 0 Å². The van der Waals surface area contributed by atoms with Gasteiger partial charge in [0.05, 0.1) is 12.5 Å². The van der Waals surface area contributed by atoms with E-state index in [1.54, 1.807) is 0 Å². The molecule has 3 atom stereocenters. The topological polar surface area (TPSA) is 159 Å². The fourth-order valence-corrected chi connectivity index (χ4v) is 1.40. The summed E-state index contributed by atoms with van der Waals surface area (Å²) < 4.78 is 0. The van der Waals surface area contributed by atoms with Gasteiger partial charge in [-0.15, -0.1) is 0 Å². The predicted molar refractivity (Wildman–Crippen MR) is 71.3 cm³/mol. The molecule has 0 rings (SSSR count). The number of aliphatic carboxylic acids is 2. The van der Waals surface area contributed by atoms with Crippen LogP contribution < -0.4 is 16.4 Å². The molecule has 0 aromatic heterocycles. The van der Waals surface area contributed by atoms with Crippen LogP contribution in [-0.4, -0.2) is 57.8 Å². The van der Waals surface area contributed by atoms with Crippen LogP contribution in [0.1, 0.15) is 13.3 Å². The van der Waals surface area contributed by atoms with Crippen LogP contribution in [0.15, 0.2) is 0 Å². The lowest BCUT2D eigenvalue weighted by molar-refractivity contribution is -0.142. The molecular weight excluding hydrogens is 290 g/mol. The maximum Gasteiger partial charge on any atom is 0.327 e. The first-order valence-electron chi connectivity index (χ1n) is 5.60. The number of thiol groups is 1. The van der Waals surface area contributed by atoms with Gasteiger partial charge < -0.3 is 26.6 Å². The standard InChI is InChI=1S/C10H17N3O6S/c1-4(8(16)13-6(3-20)10(18)19)12-9(17)5(11)2-7(14)15/h4-6,20H,2-3,11H2,1H3,(H,12,17)(H,13,16)(H,14,15)(H,18,19). The van der Waals surface area contributed by atoms with Gasteiger partial charge in [0.25, 0.3) is 0 Å². The molecule has 10 heteroatoms. The van der Waals surface area contributed by atoms with Crippen molar-refractivity contribution in [1.82, 2.24) is 10.6 Å². The maximum absolute atomic E-state index is 11.6. The van der Waals surface area contributed by atoms with E-state index >= 15 is 0 Å². The van der Waals surface area contributed by atoms with Crippen LogP contribution in [0.2, 0.25) is 0 Å². The van der Waals surface area contributed by atoms with Crippen LogP contribution in [0.5, 0.6) is 0 Å². The fourth-order valence-electron chi connectivity index (χ4n) is 1.15. The van der Waals surface area contributed by atoms with Crippen LogP contribution in [0.25, 0.3) is 0 Å². The first-order valence-corrected chi connectivity index (χ1v) is 6.24. The van der Waals surface area contributed by atoms with E-state index in [2.05, 4.69) is 23.3 Å². The van der Waals surface area contributed by atoms with Gasteiger partial charge in [-0.3, -0.25) is 14.4 Å². The second-order valence-electron chi connectivity index (χ2n) is 4.02. The molecule has 6 N–H and O–H groups in total. The third kappa shape index (κ3) is 6.38. The van der Waals surface area contributed by atoms with Gasteiger partial charge in [0, 0.05) is 5.75 Å². The monoisotopic (exact) mass is 307 g/mol. The summed E-state index contributed by atoms with van der Waals surface area (Å²) in [5.74, 6) is -4.16. The van der Waals surface area contributed by atoms with Crippen molar-refractivity contribution >= 4 is 36.4 Å². The minimum Gasteiger partial charge on any atom is -0.481 e. The third-order valence-corrected chi connectivity index (χ3v) is 2.65. The van der Waals surface area contributed by atoms with E-state index < -0.39 is 48.3 Å². The number of rotatable bonds is 8. The Kier molecular flexibility index (Phi) is 7.62. The van der Waals surface area contributed by atoms with Gasteiger partial charge in [0.1, 0.15) is 12.1 Å². The van der Waals surface area contributed by atoms with E-state index in [4.69, 9.17) is 15.9 Å². The van der Waals surface area contributed by atoms with Crippen molar-refractivity contribution in [2.75, 3.05) is 5.75 Å². The molecule has 0 heterocycles. The van der Waals surface area contributed by atoms with Gasteiger partial charge in [0.2, 0.25) is 11.8 Å². The lowest BCUT2D eigenvalue weighted by Crippen LogP contribution is -2.53. The highest BCUT2D eigenvalue weighted by molar-refractivity contribution is 7.80. The lowest BCUT2D eigenvalue weighted by Gasteiger charge is -2.18. The van der Waals surface area contributed by atoms with Crippen molar-refractivity contribution < 1.29 is 29.4 Å². The number of carboxylic acids is 2. The summed E-state index contributed by atoms with van der Waals surface area (Å²) >= 11 is 3.77. The Bertz CT molecular complexity index is 402. The number of nitrogens with two attached hydrogens (primary N) is 1. The smallest absolute Gasteiger partial charge is 0.327 e. The highest BCUT2D eigenvalue weighted by atomic mass is 32.1. The first kappa shape index (κ1) is 18.2. The first-order chi connectivity index (χ1) is 9.18. The Labute approximate surface area is 120 Å². The zero-order chi connectivity index (χ0) is 15.9.